The number of nitrogens with one attached hydrogen (secondary N) is 1. The Balaban J connectivity index is 1.87. The summed E-state index contributed by atoms with van der Waals surface area (Å²) in [5, 5.41) is 2.98. The number of rotatable bonds is 8. The summed E-state index contributed by atoms with van der Waals surface area (Å²) in [5.41, 5.74) is 1.70. The molecule has 2 aromatic carbocycles. The fraction of sp³-hybridized carbons (Fsp3) is 0.350. The molecule has 0 aliphatic carbocycles. The molecule has 1 N–H and O–H groups in total. The van der Waals surface area contributed by atoms with Crippen LogP contribution in [0.3, 0.4) is 0 Å². The van der Waals surface area contributed by atoms with E-state index in [1.165, 1.54) is 0 Å². The maximum atomic E-state index is 12.4. The van der Waals surface area contributed by atoms with Crippen LogP contribution in [-0.2, 0) is 11.3 Å². The van der Waals surface area contributed by atoms with Crippen LogP contribution < -0.4 is 10.1 Å². The van der Waals surface area contributed by atoms with Crippen molar-refractivity contribution in [3.8, 4) is 5.75 Å². The van der Waals surface area contributed by atoms with Gasteiger partial charge in [-0.05, 0) is 44.5 Å². The smallest absolute Gasteiger partial charge is 0.251 e. The van der Waals surface area contributed by atoms with Crippen LogP contribution in [-0.4, -0.2) is 24.7 Å². The first-order chi connectivity index (χ1) is 11.6. The van der Waals surface area contributed by atoms with Gasteiger partial charge in [-0.3, -0.25) is 4.79 Å². The monoisotopic (exact) mass is 327 g/mol. The lowest BCUT2D eigenvalue weighted by Crippen LogP contribution is -2.41. The molecule has 4 heteroatoms. The molecule has 4 nitrogen and oxygen atoms in total. The molecule has 0 saturated carbocycles. The van der Waals surface area contributed by atoms with Gasteiger partial charge < -0.3 is 14.8 Å². The minimum absolute atomic E-state index is 0.0933. The molecule has 0 aromatic heterocycles. The highest BCUT2D eigenvalue weighted by atomic mass is 16.5. The topological polar surface area (TPSA) is 47.6 Å². The Labute approximate surface area is 143 Å². The van der Waals surface area contributed by atoms with Crippen molar-refractivity contribution in [2.75, 3.05) is 6.61 Å². The predicted octanol–water partition coefficient (Wildman–Crippen LogP) is 3.81. The van der Waals surface area contributed by atoms with Gasteiger partial charge in [0.05, 0.1) is 25.4 Å². The van der Waals surface area contributed by atoms with Gasteiger partial charge in [0.15, 0.2) is 0 Å². The van der Waals surface area contributed by atoms with E-state index >= 15 is 0 Å². The van der Waals surface area contributed by atoms with Gasteiger partial charge in [-0.15, -0.1) is 0 Å². The molecule has 0 spiro atoms. The Bertz CT molecular complexity index is 642. The van der Waals surface area contributed by atoms with Crippen LogP contribution in [0.15, 0.2) is 54.6 Å². The third kappa shape index (κ3) is 5.39. The first-order valence-corrected chi connectivity index (χ1v) is 8.29. The van der Waals surface area contributed by atoms with Gasteiger partial charge in [0, 0.05) is 5.56 Å². The zero-order valence-electron chi connectivity index (χ0n) is 14.5. The summed E-state index contributed by atoms with van der Waals surface area (Å²) < 4.78 is 11.3. The van der Waals surface area contributed by atoms with Gasteiger partial charge in [-0.25, -0.2) is 0 Å². The van der Waals surface area contributed by atoms with Gasteiger partial charge in [0.25, 0.3) is 5.91 Å². The predicted molar refractivity (Wildman–Crippen MR) is 95.2 cm³/mol. The lowest BCUT2D eigenvalue weighted by Gasteiger charge is -2.22. The van der Waals surface area contributed by atoms with Gasteiger partial charge in [0.2, 0.25) is 0 Å². The first-order valence-electron chi connectivity index (χ1n) is 8.29. The van der Waals surface area contributed by atoms with Gasteiger partial charge >= 0.3 is 0 Å². The SMILES string of the molecule is CCOc1cccc(C(=O)NC(C)C(C)OCc2ccccc2)c1. The molecule has 2 atom stereocenters. The fourth-order valence-electron chi connectivity index (χ4n) is 2.25. The molecule has 0 bridgehead atoms. The van der Waals surface area contributed by atoms with Crippen LogP contribution in [0.25, 0.3) is 0 Å². The van der Waals surface area contributed by atoms with Gasteiger partial charge in [-0.2, -0.15) is 0 Å². The van der Waals surface area contributed by atoms with E-state index in [0.29, 0.717) is 24.5 Å². The largest absolute Gasteiger partial charge is 0.494 e. The van der Waals surface area contributed by atoms with Crippen molar-refractivity contribution in [3.63, 3.8) is 0 Å². The molecule has 0 aliphatic heterocycles. The number of benzene rings is 2. The van der Waals surface area contributed by atoms with Crippen LogP contribution in [0.5, 0.6) is 5.75 Å². The lowest BCUT2D eigenvalue weighted by molar-refractivity contribution is 0.0302. The Morgan fingerprint density at radius 3 is 2.54 bits per heavy atom. The number of amides is 1. The van der Waals surface area contributed by atoms with Crippen LogP contribution in [0, 0.1) is 0 Å². The standard InChI is InChI=1S/C20H25NO3/c1-4-23-19-12-8-11-18(13-19)20(22)21-15(2)16(3)24-14-17-9-6-5-7-10-17/h5-13,15-16H,4,14H2,1-3H3,(H,21,22). The highest BCUT2D eigenvalue weighted by Crippen LogP contribution is 2.14. The number of hydrogen-bond donors (Lipinski definition) is 1. The maximum Gasteiger partial charge on any atom is 0.251 e. The minimum atomic E-state index is -0.126. The molecule has 24 heavy (non-hydrogen) atoms. The minimum Gasteiger partial charge on any atom is -0.494 e. The van der Waals surface area contributed by atoms with E-state index in [4.69, 9.17) is 9.47 Å². The van der Waals surface area contributed by atoms with Crippen molar-refractivity contribution in [1.82, 2.24) is 5.32 Å². The second-order valence-corrected chi connectivity index (χ2v) is 5.72. The number of carbonyl (C=O) groups excluding carboxylic acids is 1. The molecular formula is C20H25NO3. The summed E-state index contributed by atoms with van der Waals surface area (Å²) in [6, 6.07) is 17.1. The zero-order valence-corrected chi connectivity index (χ0v) is 14.5. The summed E-state index contributed by atoms with van der Waals surface area (Å²) in [7, 11) is 0. The molecule has 2 unspecified atom stereocenters. The van der Waals surface area contributed by atoms with Crippen molar-refractivity contribution in [3.05, 3.63) is 65.7 Å². The summed E-state index contributed by atoms with van der Waals surface area (Å²) >= 11 is 0. The number of carbonyl (C=O) groups is 1. The molecule has 0 fully saturated rings. The van der Waals surface area contributed by atoms with Gasteiger partial charge in [0.1, 0.15) is 5.75 Å². The van der Waals surface area contributed by atoms with E-state index in [1.54, 1.807) is 12.1 Å². The van der Waals surface area contributed by atoms with E-state index in [2.05, 4.69) is 5.32 Å². The van der Waals surface area contributed by atoms with Crippen molar-refractivity contribution in [2.24, 2.45) is 0 Å². The quantitative estimate of drug-likeness (QED) is 0.802. The lowest BCUT2D eigenvalue weighted by atomic mass is 10.1. The maximum absolute atomic E-state index is 12.4. The molecule has 0 heterocycles. The average molecular weight is 327 g/mol. The summed E-state index contributed by atoms with van der Waals surface area (Å²) in [6.07, 6.45) is -0.0933. The van der Waals surface area contributed by atoms with E-state index in [9.17, 15) is 4.79 Å². The van der Waals surface area contributed by atoms with Crippen LogP contribution in [0.4, 0.5) is 0 Å². The van der Waals surface area contributed by atoms with Crippen molar-refractivity contribution >= 4 is 5.91 Å². The van der Waals surface area contributed by atoms with E-state index < -0.39 is 0 Å². The van der Waals surface area contributed by atoms with Crippen molar-refractivity contribution in [1.29, 1.82) is 0 Å². The van der Waals surface area contributed by atoms with Crippen LogP contribution >= 0.6 is 0 Å². The normalized spacial score (nSPS) is 13.1. The average Bonchev–Trinajstić information content (AvgIpc) is 2.61. The molecular weight excluding hydrogens is 302 g/mol. The van der Waals surface area contributed by atoms with E-state index in [-0.39, 0.29) is 18.1 Å². The molecule has 1 amide bonds. The number of ether oxygens (including phenoxy) is 2. The second-order valence-electron chi connectivity index (χ2n) is 5.72. The highest BCUT2D eigenvalue weighted by molar-refractivity contribution is 5.94. The summed E-state index contributed by atoms with van der Waals surface area (Å²) in [4.78, 5) is 12.4. The molecule has 2 aromatic rings. The first kappa shape index (κ1) is 18.0. The fourth-order valence-corrected chi connectivity index (χ4v) is 2.25. The van der Waals surface area contributed by atoms with Crippen molar-refractivity contribution in [2.45, 2.75) is 39.5 Å². The van der Waals surface area contributed by atoms with E-state index in [0.717, 1.165) is 5.56 Å². The Morgan fingerprint density at radius 2 is 1.83 bits per heavy atom. The Hall–Kier alpha value is -2.33. The third-order valence-corrected chi connectivity index (χ3v) is 3.83. The number of hydrogen-bond acceptors (Lipinski definition) is 3. The second kappa shape index (κ2) is 9.08. The highest BCUT2D eigenvalue weighted by Gasteiger charge is 2.16. The van der Waals surface area contributed by atoms with Gasteiger partial charge in [-0.1, -0.05) is 36.4 Å². The summed E-state index contributed by atoms with van der Waals surface area (Å²) in [6.45, 7) is 6.93. The Morgan fingerprint density at radius 1 is 1.08 bits per heavy atom. The molecule has 0 radical (unpaired) electrons. The Kier molecular flexibility index (Phi) is 6.82. The van der Waals surface area contributed by atoms with Crippen LogP contribution in [0.1, 0.15) is 36.7 Å². The zero-order chi connectivity index (χ0) is 17.4. The molecule has 0 aliphatic rings. The molecule has 128 valence electrons. The van der Waals surface area contributed by atoms with E-state index in [1.807, 2.05) is 63.2 Å². The summed E-state index contributed by atoms with van der Waals surface area (Å²) in [5.74, 6) is 0.574. The van der Waals surface area contributed by atoms with Crippen molar-refractivity contribution < 1.29 is 14.3 Å². The third-order valence-electron chi connectivity index (χ3n) is 3.83. The molecule has 2 rings (SSSR count). The van der Waals surface area contributed by atoms with Crippen LogP contribution in [0.2, 0.25) is 0 Å². The molecule has 0 saturated heterocycles.